The van der Waals surface area contributed by atoms with E-state index in [2.05, 4.69) is 18.8 Å². The van der Waals surface area contributed by atoms with Gasteiger partial charge in [0, 0.05) is 17.7 Å². The van der Waals surface area contributed by atoms with Crippen molar-refractivity contribution in [1.82, 2.24) is 15.0 Å². The number of phenolic OH excluding ortho intramolecular Hbond substituents is 2. The number of hydrogen-bond acceptors (Lipinski definition) is 8. The molecule has 246 valence electrons. The first-order valence-electron chi connectivity index (χ1n) is 16.8. The zero-order chi connectivity index (χ0) is 32.6. The van der Waals surface area contributed by atoms with Crippen LogP contribution in [-0.4, -0.2) is 45.5 Å². The molecule has 1 heterocycles. The van der Waals surface area contributed by atoms with Gasteiger partial charge in [0.1, 0.15) is 28.7 Å². The molecule has 0 fully saturated rings. The molecule has 4 aromatic rings. The average molecular weight is 628 g/mol. The van der Waals surface area contributed by atoms with Gasteiger partial charge in [0.05, 0.1) is 31.5 Å². The lowest BCUT2D eigenvalue weighted by Gasteiger charge is -2.12. The van der Waals surface area contributed by atoms with E-state index >= 15 is 0 Å². The normalized spacial score (nSPS) is 11.0. The van der Waals surface area contributed by atoms with Crippen LogP contribution in [0.15, 0.2) is 60.7 Å². The molecule has 8 heteroatoms. The monoisotopic (exact) mass is 627 g/mol. The topological polar surface area (TPSA) is 107 Å². The molecule has 0 saturated carbocycles. The fraction of sp³-hybridized carbons (Fsp3) is 0.447. The van der Waals surface area contributed by atoms with Crippen LogP contribution in [0.2, 0.25) is 0 Å². The molecule has 2 N–H and O–H groups in total. The number of benzene rings is 3. The molecule has 0 spiro atoms. The summed E-state index contributed by atoms with van der Waals surface area (Å²) < 4.78 is 17.1. The van der Waals surface area contributed by atoms with Crippen LogP contribution in [0.25, 0.3) is 34.2 Å². The minimum Gasteiger partial charge on any atom is -0.507 e. The maximum absolute atomic E-state index is 11.0. The zero-order valence-electron chi connectivity index (χ0n) is 27.6. The highest BCUT2D eigenvalue weighted by Crippen LogP contribution is 2.36. The van der Waals surface area contributed by atoms with Crippen LogP contribution in [0.1, 0.15) is 90.9 Å². The Kier molecular flexibility index (Phi) is 14.0. The molecule has 4 rings (SSSR count). The number of rotatable bonds is 20. The third-order valence-electron chi connectivity index (χ3n) is 7.94. The maximum atomic E-state index is 11.0. The maximum Gasteiger partial charge on any atom is 0.167 e. The Balaban J connectivity index is 1.54. The van der Waals surface area contributed by atoms with E-state index in [4.69, 9.17) is 24.2 Å². The number of nitrogens with zero attached hydrogens (tertiary/aromatic N) is 3. The summed E-state index contributed by atoms with van der Waals surface area (Å²) in [5.41, 5.74) is 1.61. The minimum absolute atomic E-state index is 0.000871. The van der Waals surface area contributed by atoms with Gasteiger partial charge in [-0.15, -0.1) is 0 Å². The second kappa shape index (κ2) is 18.6. The lowest BCUT2D eigenvalue weighted by Crippen LogP contribution is -2.02. The molecular formula is C38H49N3O5. The van der Waals surface area contributed by atoms with Crippen molar-refractivity contribution in [2.24, 2.45) is 0 Å². The van der Waals surface area contributed by atoms with Crippen LogP contribution in [-0.2, 0) is 0 Å². The highest BCUT2D eigenvalue weighted by Gasteiger charge is 2.18. The molecule has 0 amide bonds. The van der Waals surface area contributed by atoms with Crippen molar-refractivity contribution in [3.05, 3.63) is 60.7 Å². The lowest BCUT2D eigenvalue weighted by molar-refractivity contribution is 0.302. The zero-order valence-corrected chi connectivity index (χ0v) is 27.6. The van der Waals surface area contributed by atoms with E-state index < -0.39 is 0 Å². The molecule has 0 aliphatic rings. The highest BCUT2D eigenvalue weighted by molar-refractivity contribution is 5.72. The van der Waals surface area contributed by atoms with Crippen molar-refractivity contribution in [3.8, 4) is 62.9 Å². The Labute approximate surface area is 273 Å². The standard InChI is InChI=1S/C38H49N3O5/c1-4-6-8-10-12-14-24-45-30-20-22-32(34(42)26-30)37-39-36(28-16-18-29(44-3)19-17-28)40-38(41-37)33-23-21-31(27-35(33)43)46-25-15-13-11-9-7-5-2/h16-23,26-27,42-43H,4-15,24-25H2,1-3H3. The lowest BCUT2D eigenvalue weighted by atomic mass is 10.1. The first-order valence-corrected chi connectivity index (χ1v) is 16.8. The summed E-state index contributed by atoms with van der Waals surface area (Å²) in [6, 6.07) is 17.7. The number of methoxy groups -OCH3 is 1. The summed E-state index contributed by atoms with van der Waals surface area (Å²) in [6.45, 7) is 5.62. The van der Waals surface area contributed by atoms with Crippen molar-refractivity contribution in [2.45, 2.75) is 90.9 Å². The van der Waals surface area contributed by atoms with E-state index in [1.807, 2.05) is 36.4 Å². The van der Waals surface area contributed by atoms with E-state index in [1.54, 1.807) is 31.4 Å². The highest BCUT2D eigenvalue weighted by atomic mass is 16.5. The predicted octanol–water partition coefficient (Wildman–Crippen LogP) is 9.77. The van der Waals surface area contributed by atoms with Gasteiger partial charge in [-0.05, 0) is 61.4 Å². The molecule has 0 atom stereocenters. The predicted molar refractivity (Wildman–Crippen MR) is 184 cm³/mol. The molecule has 0 unspecified atom stereocenters. The molecule has 0 aliphatic heterocycles. The number of ether oxygens (including phenoxy) is 3. The number of aromatic hydroxyl groups is 2. The Morgan fingerprint density at radius 2 is 0.913 bits per heavy atom. The van der Waals surface area contributed by atoms with Gasteiger partial charge in [0.25, 0.3) is 0 Å². The van der Waals surface area contributed by atoms with E-state index in [9.17, 15) is 10.2 Å². The average Bonchev–Trinajstić information content (AvgIpc) is 3.07. The number of unbranched alkanes of at least 4 members (excludes halogenated alkanes) is 10. The van der Waals surface area contributed by atoms with E-state index in [1.165, 1.54) is 51.4 Å². The quantitative estimate of drug-likeness (QED) is 0.0933. The number of phenols is 2. The fourth-order valence-corrected chi connectivity index (χ4v) is 5.21. The Bertz CT molecular complexity index is 1410. The van der Waals surface area contributed by atoms with E-state index in [-0.39, 0.29) is 23.1 Å². The van der Waals surface area contributed by atoms with Crippen LogP contribution in [0.4, 0.5) is 0 Å². The summed E-state index contributed by atoms with van der Waals surface area (Å²) in [5, 5.41) is 22.1. The van der Waals surface area contributed by atoms with Gasteiger partial charge in [0.15, 0.2) is 17.5 Å². The number of aromatic nitrogens is 3. The van der Waals surface area contributed by atoms with Gasteiger partial charge in [-0.1, -0.05) is 78.1 Å². The van der Waals surface area contributed by atoms with Crippen LogP contribution < -0.4 is 14.2 Å². The second-order valence-corrected chi connectivity index (χ2v) is 11.6. The summed E-state index contributed by atoms with van der Waals surface area (Å²) in [6.07, 6.45) is 14.1. The van der Waals surface area contributed by atoms with Crippen LogP contribution >= 0.6 is 0 Å². The summed E-state index contributed by atoms with van der Waals surface area (Å²) in [4.78, 5) is 14.1. The fourth-order valence-electron chi connectivity index (χ4n) is 5.21. The van der Waals surface area contributed by atoms with Crippen molar-refractivity contribution < 1.29 is 24.4 Å². The molecular weight excluding hydrogens is 578 g/mol. The van der Waals surface area contributed by atoms with Gasteiger partial charge < -0.3 is 24.4 Å². The summed E-state index contributed by atoms with van der Waals surface area (Å²) >= 11 is 0. The third kappa shape index (κ3) is 10.4. The third-order valence-corrected chi connectivity index (χ3v) is 7.94. The van der Waals surface area contributed by atoms with Crippen molar-refractivity contribution in [2.75, 3.05) is 20.3 Å². The second-order valence-electron chi connectivity index (χ2n) is 11.6. The Morgan fingerprint density at radius 1 is 0.500 bits per heavy atom. The largest absolute Gasteiger partial charge is 0.507 e. The van der Waals surface area contributed by atoms with Crippen molar-refractivity contribution in [3.63, 3.8) is 0 Å². The first-order chi connectivity index (χ1) is 22.5. The molecule has 8 nitrogen and oxygen atoms in total. The van der Waals surface area contributed by atoms with Crippen LogP contribution in [0, 0.1) is 0 Å². The molecule has 3 aromatic carbocycles. The number of hydrogen-bond donors (Lipinski definition) is 2. The van der Waals surface area contributed by atoms with E-state index in [0.717, 1.165) is 31.2 Å². The molecule has 0 radical (unpaired) electrons. The minimum atomic E-state index is 0.000871. The molecule has 46 heavy (non-hydrogen) atoms. The van der Waals surface area contributed by atoms with Crippen molar-refractivity contribution in [1.29, 1.82) is 0 Å². The van der Waals surface area contributed by atoms with Crippen LogP contribution in [0.5, 0.6) is 28.7 Å². The smallest absolute Gasteiger partial charge is 0.167 e. The van der Waals surface area contributed by atoms with Crippen molar-refractivity contribution >= 4 is 0 Å². The molecule has 1 aromatic heterocycles. The SMILES string of the molecule is CCCCCCCCOc1ccc(-c2nc(-c3ccc(OC)cc3)nc(-c3ccc(OCCCCCCCC)cc3O)n2)c(O)c1. The van der Waals surface area contributed by atoms with Gasteiger partial charge in [-0.3, -0.25) is 0 Å². The first kappa shape index (κ1) is 34.5. The van der Waals surface area contributed by atoms with Crippen LogP contribution in [0.3, 0.4) is 0 Å². The molecule has 0 saturated heterocycles. The van der Waals surface area contributed by atoms with Gasteiger partial charge >= 0.3 is 0 Å². The van der Waals surface area contributed by atoms with Gasteiger partial charge in [-0.2, -0.15) is 0 Å². The molecule has 0 aliphatic carbocycles. The molecule has 0 bridgehead atoms. The Morgan fingerprint density at radius 3 is 1.35 bits per heavy atom. The Hall–Kier alpha value is -4.33. The summed E-state index contributed by atoms with van der Waals surface area (Å²) in [5.74, 6) is 2.84. The van der Waals surface area contributed by atoms with Gasteiger partial charge in [0.2, 0.25) is 0 Å². The van der Waals surface area contributed by atoms with Gasteiger partial charge in [-0.25, -0.2) is 15.0 Å². The summed E-state index contributed by atoms with van der Waals surface area (Å²) in [7, 11) is 1.61. The van der Waals surface area contributed by atoms with E-state index in [0.29, 0.717) is 47.4 Å².